The van der Waals surface area contributed by atoms with Crippen molar-refractivity contribution in [2.24, 2.45) is 0 Å². The molecular formula is C22H26N4O. The van der Waals surface area contributed by atoms with Gasteiger partial charge in [-0.2, -0.15) is 0 Å². The number of anilines is 1. The second kappa shape index (κ2) is 7.92. The number of nitrogens with zero attached hydrogens (tertiary/aromatic N) is 2. The highest BCUT2D eigenvalue weighted by molar-refractivity contribution is 5.77. The van der Waals surface area contributed by atoms with Gasteiger partial charge in [0.1, 0.15) is 5.82 Å². The number of fused-ring (bicyclic) bond motifs is 1. The van der Waals surface area contributed by atoms with Crippen LogP contribution in [0.1, 0.15) is 32.0 Å². The van der Waals surface area contributed by atoms with Crippen LogP contribution in [-0.4, -0.2) is 28.7 Å². The van der Waals surface area contributed by atoms with E-state index in [0.717, 1.165) is 61.5 Å². The molecular weight excluding hydrogens is 336 g/mol. The van der Waals surface area contributed by atoms with E-state index in [1.54, 1.807) is 4.57 Å². The van der Waals surface area contributed by atoms with Crippen LogP contribution in [0.2, 0.25) is 0 Å². The first-order chi connectivity index (χ1) is 13.3. The Morgan fingerprint density at radius 1 is 1.19 bits per heavy atom. The van der Waals surface area contributed by atoms with Crippen molar-refractivity contribution in [2.45, 2.75) is 38.6 Å². The topological polar surface area (TPSA) is 59.0 Å². The maximum atomic E-state index is 13.2. The Balaban J connectivity index is 1.72. The van der Waals surface area contributed by atoms with Crippen molar-refractivity contribution in [3.8, 4) is 5.69 Å². The number of nitrogens with one attached hydrogen (secondary N) is 2. The van der Waals surface area contributed by atoms with Gasteiger partial charge in [-0.1, -0.05) is 25.5 Å². The maximum Gasteiger partial charge on any atom is 0.265 e. The van der Waals surface area contributed by atoms with Crippen molar-refractivity contribution >= 4 is 16.6 Å². The summed E-state index contributed by atoms with van der Waals surface area (Å²) in [5, 5.41) is 7.58. The molecule has 5 heteroatoms. The van der Waals surface area contributed by atoms with Gasteiger partial charge in [-0.15, -0.1) is 0 Å². The normalized spacial score (nSPS) is 16.7. The molecule has 27 heavy (non-hydrogen) atoms. The Bertz CT molecular complexity index is 972. The monoisotopic (exact) mass is 362 g/mol. The molecule has 1 aliphatic heterocycles. The van der Waals surface area contributed by atoms with Crippen LogP contribution in [0.4, 0.5) is 5.69 Å². The predicted octanol–water partition coefficient (Wildman–Crippen LogP) is 3.50. The van der Waals surface area contributed by atoms with Gasteiger partial charge < -0.3 is 10.6 Å². The van der Waals surface area contributed by atoms with Gasteiger partial charge in [0.2, 0.25) is 0 Å². The summed E-state index contributed by atoms with van der Waals surface area (Å²) in [7, 11) is 0. The molecule has 0 bridgehead atoms. The van der Waals surface area contributed by atoms with Crippen molar-refractivity contribution in [1.82, 2.24) is 14.9 Å². The summed E-state index contributed by atoms with van der Waals surface area (Å²) in [4.78, 5) is 18.0. The van der Waals surface area contributed by atoms with Crippen LogP contribution < -0.4 is 16.2 Å². The second-order valence-electron chi connectivity index (χ2n) is 7.17. The molecule has 1 unspecified atom stereocenters. The lowest BCUT2D eigenvalue weighted by Gasteiger charge is -2.16. The van der Waals surface area contributed by atoms with Crippen LogP contribution in [0, 0.1) is 0 Å². The zero-order valence-corrected chi connectivity index (χ0v) is 15.7. The summed E-state index contributed by atoms with van der Waals surface area (Å²) in [6, 6.07) is 16.2. The number of aromatic nitrogens is 2. The van der Waals surface area contributed by atoms with Crippen molar-refractivity contribution in [3.05, 3.63) is 64.7 Å². The van der Waals surface area contributed by atoms with Gasteiger partial charge in [-0.25, -0.2) is 4.98 Å². The lowest BCUT2D eigenvalue weighted by molar-refractivity contribution is 0.720. The van der Waals surface area contributed by atoms with Crippen molar-refractivity contribution in [1.29, 1.82) is 0 Å². The minimum atomic E-state index is 0.00686. The molecule has 5 nitrogen and oxygen atoms in total. The zero-order valence-electron chi connectivity index (χ0n) is 15.7. The van der Waals surface area contributed by atoms with Gasteiger partial charge in [-0.05, 0) is 55.8 Å². The molecule has 4 rings (SSSR count). The van der Waals surface area contributed by atoms with E-state index in [9.17, 15) is 4.79 Å². The minimum absolute atomic E-state index is 0.00686. The van der Waals surface area contributed by atoms with Crippen molar-refractivity contribution < 1.29 is 0 Å². The lowest BCUT2D eigenvalue weighted by Crippen LogP contribution is -2.24. The third-order valence-corrected chi connectivity index (χ3v) is 5.16. The number of rotatable bonds is 6. The highest BCUT2D eigenvalue weighted by Crippen LogP contribution is 2.18. The molecule has 1 atom stereocenters. The molecule has 0 saturated carbocycles. The number of unbranched alkanes of at least 4 members (excludes halogenated alkanes) is 1. The molecule has 1 fully saturated rings. The minimum Gasteiger partial charge on any atom is -0.381 e. The second-order valence-corrected chi connectivity index (χ2v) is 7.17. The Morgan fingerprint density at radius 2 is 2.00 bits per heavy atom. The summed E-state index contributed by atoms with van der Waals surface area (Å²) in [6.45, 7) is 4.22. The maximum absolute atomic E-state index is 13.2. The van der Waals surface area contributed by atoms with Crippen LogP contribution >= 0.6 is 0 Å². The summed E-state index contributed by atoms with van der Waals surface area (Å²) in [5.74, 6) is 0.834. The Kier molecular flexibility index (Phi) is 5.21. The average molecular weight is 362 g/mol. The highest BCUT2D eigenvalue weighted by Gasteiger charge is 2.15. The number of hydrogen-bond donors (Lipinski definition) is 2. The largest absolute Gasteiger partial charge is 0.381 e. The molecule has 2 aromatic carbocycles. The molecule has 3 aromatic rings. The SMILES string of the molecule is CCCCc1nc2ccccc2c(=O)n1-c1ccc(NC2CCNC2)cc1. The Morgan fingerprint density at radius 3 is 2.74 bits per heavy atom. The van der Waals surface area contributed by atoms with E-state index in [4.69, 9.17) is 4.98 Å². The Hall–Kier alpha value is -2.66. The third kappa shape index (κ3) is 3.74. The van der Waals surface area contributed by atoms with E-state index in [2.05, 4.69) is 29.7 Å². The fourth-order valence-electron chi connectivity index (χ4n) is 3.67. The van der Waals surface area contributed by atoms with Gasteiger partial charge in [-0.3, -0.25) is 9.36 Å². The van der Waals surface area contributed by atoms with Gasteiger partial charge in [0.25, 0.3) is 5.56 Å². The first-order valence-electron chi connectivity index (χ1n) is 9.84. The molecule has 1 aliphatic rings. The summed E-state index contributed by atoms with van der Waals surface area (Å²) in [6.07, 6.45) is 4.02. The number of para-hydroxylation sites is 1. The first kappa shape index (κ1) is 17.7. The van der Waals surface area contributed by atoms with Crippen LogP contribution in [0.3, 0.4) is 0 Å². The van der Waals surface area contributed by atoms with E-state index in [0.29, 0.717) is 11.4 Å². The first-order valence-corrected chi connectivity index (χ1v) is 9.84. The fourth-order valence-corrected chi connectivity index (χ4v) is 3.67. The van der Waals surface area contributed by atoms with Crippen LogP contribution in [0.15, 0.2) is 53.3 Å². The van der Waals surface area contributed by atoms with Gasteiger partial charge in [0, 0.05) is 24.7 Å². The fraction of sp³-hybridized carbons (Fsp3) is 0.364. The molecule has 2 N–H and O–H groups in total. The molecule has 1 aromatic heterocycles. The smallest absolute Gasteiger partial charge is 0.265 e. The van der Waals surface area contributed by atoms with E-state index >= 15 is 0 Å². The highest BCUT2D eigenvalue weighted by atomic mass is 16.1. The summed E-state index contributed by atoms with van der Waals surface area (Å²) < 4.78 is 1.78. The standard InChI is InChI=1S/C22H26N4O/c1-2-3-8-21-25-20-7-5-4-6-19(20)22(27)26(21)18-11-9-16(10-12-18)24-17-13-14-23-15-17/h4-7,9-12,17,23-24H,2-3,8,13-15H2,1H3. The van der Waals surface area contributed by atoms with E-state index < -0.39 is 0 Å². The quantitative estimate of drug-likeness (QED) is 0.705. The van der Waals surface area contributed by atoms with Gasteiger partial charge in [0.15, 0.2) is 0 Å². The Labute approximate surface area is 159 Å². The van der Waals surface area contributed by atoms with E-state index in [1.807, 2.05) is 36.4 Å². The van der Waals surface area contributed by atoms with E-state index in [-0.39, 0.29) is 5.56 Å². The lowest BCUT2D eigenvalue weighted by atomic mass is 10.2. The number of hydrogen-bond acceptors (Lipinski definition) is 4. The average Bonchev–Trinajstić information content (AvgIpc) is 3.20. The molecule has 0 spiro atoms. The molecule has 1 saturated heterocycles. The van der Waals surface area contributed by atoms with E-state index in [1.165, 1.54) is 0 Å². The third-order valence-electron chi connectivity index (χ3n) is 5.16. The van der Waals surface area contributed by atoms with Gasteiger partial charge in [0.05, 0.1) is 16.6 Å². The number of benzene rings is 2. The van der Waals surface area contributed by atoms with Crippen LogP contribution in [-0.2, 0) is 6.42 Å². The summed E-state index contributed by atoms with van der Waals surface area (Å²) >= 11 is 0. The molecule has 140 valence electrons. The van der Waals surface area contributed by atoms with Crippen LogP contribution in [0.5, 0.6) is 0 Å². The molecule has 0 amide bonds. The van der Waals surface area contributed by atoms with Crippen molar-refractivity contribution in [3.63, 3.8) is 0 Å². The predicted molar refractivity (Wildman–Crippen MR) is 111 cm³/mol. The molecule has 2 heterocycles. The molecule has 0 aliphatic carbocycles. The van der Waals surface area contributed by atoms with Crippen molar-refractivity contribution in [2.75, 3.05) is 18.4 Å². The van der Waals surface area contributed by atoms with Crippen LogP contribution in [0.25, 0.3) is 16.6 Å². The number of aryl methyl sites for hydroxylation is 1. The molecule has 0 radical (unpaired) electrons. The zero-order chi connectivity index (χ0) is 18.6. The van der Waals surface area contributed by atoms with Gasteiger partial charge >= 0.3 is 0 Å². The summed E-state index contributed by atoms with van der Waals surface area (Å²) in [5.41, 5.74) is 2.74.